The molecule has 0 radical (unpaired) electrons. The van der Waals surface area contributed by atoms with E-state index < -0.39 is 6.16 Å². The number of carbonyl (C=O) groups excluding carboxylic acids is 3. The minimum Gasteiger partial charge on any atom is -0.652 e. The Balaban J connectivity index is 0.000000196. The number of tetrazole rings is 2. The quantitative estimate of drug-likeness (QED) is 0.188. The number of nitrogens with one attached hydrogen (secondary N) is 2. The monoisotopic (exact) mass is 1020 g/mol. The molecular weight excluding hydrogens is 985 g/mol. The Hall–Kier alpha value is -2.34. The third-order valence-corrected chi connectivity index (χ3v) is 14.1. The summed E-state index contributed by atoms with van der Waals surface area (Å²) in [6.07, 6.45) is 8.45. The summed E-state index contributed by atoms with van der Waals surface area (Å²) in [5.41, 5.74) is 6.75. The molecular formula is C45H40Cl4K2N8O7. The summed E-state index contributed by atoms with van der Waals surface area (Å²) in [5.74, 6) is 3.39. The van der Waals surface area contributed by atoms with Crippen LogP contribution in [0.25, 0.3) is 22.8 Å². The number of halogens is 4. The topological polar surface area (TPSA) is 225 Å². The van der Waals surface area contributed by atoms with Gasteiger partial charge in [0.05, 0.1) is 10.0 Å². The maximum absolute atomic E-state index is 13.0. The number of nitrogens with zero attached hydrogens (tertiary/aromatic N) is 6. The first-order valence-corrected chi connectivity index (χ1v) is 22.4. The number of aromatic amines is 2. The Morgan fingerprint density at radius 2 is 0.939 bits per heavy atom. The van der Waals surface area contributed by atoms with Gasteiger partial charge in [-0.1, -0.05) is 121 Å². The maximum Gasteiger partial charge on any atom is 1.00 e. The van der Waals surface area contributed by atoms with Crippen LogP contribution < -0.4 is 122 Å². The van der Waals surface area contributed by atoms with E-state index in [9.17, 15) is 9.59 Å². The van der Waals surface area contributed by atoms with E-state index in [0.29, 0.717) is 79.4 Å². The van der Waals surface area contributed by atoms with Gasteiger partial charge in [0.2, 0.25) is 11.6 Å². The summed E-state index contributed by atoms with van der Waals surface area (Å²) in [6.45, 7) is 0.669. The fourth-order valence-electron chi connectivity index (χ4n) is 9.27. The van der Waals surface area contributed by atoms with Gasteiger partial charge in [0.1, 0.15) is 34.8 Å². The van der Waals surface area contributed by atoms with E-state index in [-0.39, 0.29) is 126 Å². The normalized spacial score (nSPS) is 17.4. The van der Waals surface area contributed by atoms with Crippen LogP contribution in [-0.2, 0) is 26.1 Å². The Morgan fingerprint density at radius 1 is 0.591 bits per heavy atom. The minimum atomic E-state index is -2.33. The third-order valence-electron chi connectivity index (χ3n) is 12.4. The van der Waals surface area contributed by atoms with Crippen LogP contribution in [0.2, 0.25) is 20.1 Å². The van der Waals surface area contributed by atoms with E-state index in [4.69, 9.17) is 70.9 Å². The molecule has 0 aliphatic heterocycles. The minimum absolute atomic E-state index is 0. The second-order valence-corrected chi connectivity index (χ2v) is 17.7. The molecule has 2 atom stereocenters. The second kappa shape index (κ2) is 24.5. The van der Waals surface area contributed by atoms with Crippen molar-refractivity contribution in [1.82, 2.24) is 41.2 Å². The molecule has 15 nitrogen and oxygen atoms in total. The second-order valence-electron chi connectivity index (χ2n) is 16.2. The number of hydrogen-bond acceptors (Lipinski definition) is 13. The van der Waals surface area contributed by atoms with E-state index in [1.54, 1.807) is 0 Å². The van der Waals surface area contributed by atoms with Crippen molar-refractivity contribution in [1.29, 1.82) is 0 Å². The van der Waals surface area contributed by atoms with Gasteiger partial charge in [-0.15, -0.1) is 20.4 Å². The Bertz CT molecular complexity index is 2450. The molecule has 0 bridgehead atoms. The van der Waals surface area contributed by atoms with Gasteiger partial charge >= 0.3 is 103 Å². The van der Waals surface area contributed by atoms with Crippen LogP contribution in [0.15, 0.2) is 60.7 Å². The van der Waals surface area contributed by atoms with Gasteiger partial charge in [0, 0.05) is 34.1 Å². The van der Waals surface area contributed by atoms with Crippen LogP contribution in [0.3, 0.4) is 0 Å². The fraction of sp³-hybridized carbons (Fsp3) is 0.356. The first-order valence-electron chi connectivity index (χ1n) is 20.9. The zero-order valence-corrected chi connectivity index (χ0v) is 45.4. The van der Waals surface area contributed by atoms with Crippen molar-refractivity contribution in [3.8, 4) is 34.3 Å². The van der Waals surface area contributed by atoms with E-state index in [0.717, 1.165) is 71.9 Å². The predicted octanol–water partition coefficient (Wildman–Crippen LogP) is 2.16. The zero-order chi connectivity index (χ0) is 44.9. The number of rotatable bonds is 10. The number of carboxylic acid groups (broad SMARTS) is 2. The van der Waals surface area contributed by atoms with Gasteiger partial charge in [0.25, 0.3) is 0 Å². The number of carbonyl (C=O) groups is 3. The van der Waals surface area contributed by atoms with E-state index in [1.165, 1.54) is 25.7 Å². The molecule has 2 aromatic heterocycles. The summed E-state index contributed by atoms with van der Waals surface area (Å²) in [4.78, 5) is 34.3. The zero-order valence-electron chi connectivity index (χ0n) is 36.1. The van der Waals surface area contributed by atoms with Crippen molar-refractivity contribution in [2.24, 2.45) is 23.7 Å². The molecule has 2 heterocycles. The summed E-state index contributed by atoms with van der Waals surface area (Å²) in [7, 11) is 0. The molecule has 2 unspecified atom stereocenters. The van der Waals surface area contributed by atoms with Crippen molar-refractivity contribution in [3.05, 3.63) is 114 Å². The molecule has 4 aliphatic rings. The van der Waals surface area contributed by atoms with Gasteiger partial charge in [-0.2, -0.15) is 10.4 Å². The van der Waals surface area contributed by atoms with Gasteiger partial charge < -0.3 is 24.5 Å². The van der Waals surface area contributed by atoms with Gasteiger partial charge in [-0.25, -0.2) is 0 Å². The number of ether oxygens (including phenoxy) is 2. The molecule has 10 rings (SSSR count). The average molecular weight is 1020 g/mol. The first kappa shape index (κ1) is 53.0. The van der Waals surface area contributed by atoms with Gasteiger partial charge in [0.15, 0.2) is 11.6 Å². The van der Waals surface area contributed by atoms with Crippen molar-refractivity contribution in [3.63, 3.8) is 0 Å². The smallest absolute Gasteiger partial charge is 0.652 e. The molecule has 4 aromatic carbocycles. The van der Waals surface area contributed by atoms with Crippen molar-refractivity contribution >= 4 is 64.1 Å². The summed E-state index contributed by atoms with van der Waals surface area (Å²) >= 11 is 26.0. The fourth-order valence-corrected chi connectivity index (χ4v) is 10.3. The van der Waals surface area contributed by atoms with Crippen molar-refractivity contribution < 1.29 is 137 Å². The number of benzene rings is 4. The Morgan fingerprint density at radius 3 is 1.26 bits per heavy atom. The summed E-state index contributed by atoms with van der Waals surface area (Å²) in [5, 5.41) is 45.8. The van der Waals surface area contributed by atoms with Crippen molar-refractivity contribution in [2.75, 3.05) is 0 Å². The molecule has 2 fully saturated rings. The molecule has 0 spiro atoms. The van der Waals surface area contributed by atoms with Crippen LogP contribution in [0.1, 0.15) is 94.3 Å². The van der Waals surface area contributed by atoms with Crippen molar-refractivity contribution in [2.45, 2.75) is 77.4 Å². The van der Waals surface area contributed by atoms with Gasteiger partial charge in [-0.3, -0.25) is 9.59 Å². The largest absolute Gasteiger partial charge is 1.00 e. The number of fused-ring (bicyclic) bond motifs is 2. The first-order chi connectivity index (χ1) is 31.0. The third kappa shape index (κ3) is 12.3. The molecule has 0 amide bonds. The Kier molecular flexibility index (Phi) is 19.7. The number of H-pyrrole nitrogens is 2. The van der Waals surface area contributed by atoms with Crippen LogP contribution in [0.5, 0.6) is 11.5 Å². The van der Waals surface area contributed by atoms with Crippen LogP contribution >= 0.6 is 46.4 Å². The van der Waals surface area contributed by atoms with E-state index >= 15 is 0 Å². The number of aromatic nitrogens is 8. The molecule has 2 saturated carbocycles. The van der Waals surface area contributed by atoms with Gasteiger partial charge in [-0.05, 0) is 101 Å². The summed E-state index contributed by atoms with van der Waals surface area (Å²) in [6, 6.07) is 19.2. The van der Waals surface area contributed by atoms with Crippen LogP contribution in [-0.4, -0.2) is 59.0 Å². The number of ketones is 2. The van der Waals surface area contributed by atoms with Crippen LogP contribution in [0.4, 0.5) is 4.79 Å². The van der Waals surface area contributed by atoms with Crippen LogP contribution in [0, 0.1) is 23.7 Å². The number of hydrogen-bond donors (Lipinski definition) is 2. The molecule has 0 saturated heterocycles. The maximum atomic E-state index is 13.0. The number of Topliss-reactive ketones (excluding diaryl/α,β-unsaturated/α-hetero) is 2. The predicted molar refractivity (Wildman–Crippen MR) is 233 cm³/mol. The molecule has 66 heavy (non-hydrogen) atoms. The van der Waals surface area contributed by atoms with E-state index in [1.807, 2.05) is 60.7 Å². The molecule has 21 heteroatoms. The molecule has 4 aliphatic carbocycles. The Labute approximate surface area is 485 Å². The molecule has 332 valence electrons. The molecule has 2 N–H and O–H groups in total. The van der Waals surface area contributed by atoms with E-state index in [2.05, 4.69) is 41.2 Å². The standard InChI is InChI=1S/2C22H20Cl2N4O2.CH2O3.2K/c2*23-19-17(30-11-12-5-7-14(8-6-12)22-25-27-28-26-22)10-15-9-16(13-3-1-2-4-13)21(29)18(15)20(19)24;2-1(3)4;;/h2*5-8,10,13,16H,1-4,9,11H2,(H,25,26,27,28);(H2,2,3,4);;/q;;;2*+1/p-2. The molecule has 6 aromatic rings. The summed E-state index contributed by atoms with van der Waals surface area (Å²) < 4.78 is 12.0. The average Bonchev–Trinajstić information content (AvgIpc) is 4.15. The SMILES string of the molecule is O=C([O-])[O-].O=C1c2c(cc(OCc3ccc(-c4nn[nH]n4)cc3)c(Cl)c2Cl)CC1C1CCCC1.O=C1c2c(cc(OCc3ccc(-c4nn[nH]n4)cc3)c(Cl)c2Cl)CC1C1CCCC1.[K+].[K+].